The lowest BCUT2D eigenvalue weighted by atomic mass is 10.2. The van der Waals surface area contributed by atoms with Crippen molar-refractivity contribution in [1.29, 1.82) is 0 Å². The number of carbonyl (C=O) groups is 3. The number of anilines is 2. The molecule has 0 aliphatic carbocycles. The first kappa shape index (κ1) is 20.7. The van der Waals surface area contributed by atoms with Crippen LogP contribution in [0.1, 0.15) is 30.1 Å². The third kappa shape index (κ3) is 4.86. The average Bonchev–Trinajstić information content (AvgIpc) is 3.14. The van der Waals surface area contributed by atoms with Crippen molar-refractivity contribution in [2.45, 2.75) is 25.9 Å². The summed E-state index contributed by atoms with van der Waals surface area (Å²) in [5.41, 5.74) is 1.28. The first-order valence-electron chi connectivity index (χ1n) is 9.15. The van der Waals surface area contributed by atoms with Gasteiger partial charge in [0.05, 0.1) is 18.4 Å². The van der Waals surface area contributed by atoms with Crippen LogP contribution in [0.5, 0.6) is 5.75 Å². The Hall–Kier alpha value is -3.06. The highest BCUT2D eigenvalue weighted by molar-refractivity contribution is 6.31. The molecule has 1 atom stereocenters. The molecule has 1 aliphatic heterocycles. The van der Waals surface area contributed by atoms with Gasteiger partial charge in [0.25, 0.3) is 5.91 Å². The van der Waals surface area contributed by atoms with E-state index < -0.39 is 18.0 Å². The van der Waals surface area contributed by atoms with E-state index >= 15 is 0 Å². The van der Waals surface area contributed by atoms with Gasteiger partial charge in [0.15, 0.2) is 6.10 Å². The highest BCUT2D eigenvalue weighted by Crippen LogP contribution is 2.28. The van der Waals surface area contributed by atoms with Crippen molar-refractivity contribution in [3.63, 3.8) is 0 Å². The molecule has 29 heavy (non-hydrogen) atoms. The lowest BCUT2D eigenvalue weighted by Gasteiger charge is -2.18. The smallest absolute Gasteiger partial charge is 0.338 e. The number of carbonyl (C=O) groups excluding carboxylic acids is 3. The van der Waals surface area contributed by atoms with Crippen LogP contribution in [0.15, 0.2) is 42.5 Å². The lowest BCUT2D eigenvalue weighted by Crippen LogP contribution is -2.30. The van der Waals surface area contributed by atoms with Gasteiger partial charge in [0, 0.05) is 23.7 Å². The zero-order chi connectivity index (χ0) is 21.0. The third-order valence-corrected chi connectivity index (χ3v) is 4.77. The number of rotatable bonds is 6. The van der Waals surface area contributed by atoms with Gasteiger partial charge >= 0.3 is 5.97 Å². The van der Waals surface area contributed by atoms with Crippen molar-refractivity contribution in [1.82, 2.24) is 0 Å². The van der Waals surface area contributed by atoms with Gasteiger partial charge < -0.3 is 19.7 Å². The molecule has 0 radical (unpaired) electrons. The number of ether oxygens (including phenoxy) is 2. The van der Waals surface area contributed by atoms with Gasteiger partial charge in [-0.3, -0.25) is 9.59 Å². The fourth-order valence-electron chi connectivity index (χ4n) is 3.02. The summed E-state index contributed by atoms with van der Waals surface area (Å²) in [6, 6.07) is 11.4. The lowest BCUT2D eigenvalue weighted by molar-refractivity contribution is -0.123. The molecule has 0 aromatic heterocycles. The van der Waals surface area contributed by atoms with Crippen LogP contribution in [0.2, 0.25) is 5.02 Å². The molecule has 1 aliphatic rings. The van der Waals surface area contributed by atoms with E-state index in [1.807, 2.05) is 0 Å². The van der Waals surface area contributed by atoms with E-state index in [1.165, 1.54) is 14.0 Å². The van der Waals surface area contributed by atoms with Crippen LogP contribution in [0.3, 0.4) is 0 Å². The SMILES string of the molecule is COc1ccc(Cl)cc1NC(=O)[C@@H](C)OC(=O)c1cccc(N2CCCC2=O)c1. The van der Waals surface area contributed by atoms with Crippen LogP contribution in [0.4, 0.5) is 11.4 Å². The molecule has 3 rings (SSSR count). The minimum absolute atomic E-state index is 0.0266. The Morgan fingerprint density at radius 3 is 2.69 bits per heavy atom. The van der Waals surface area contributed by atoms with Crippen LogP contribution in [-0.2, 0) is 14.3 Å². The molecule has 152 valence electrons. The Labute approximate surface area is 173 Å². The van der Waals surface area contributed by atoms with Crippen LogP contribution < -0.4 is 15.0 Å². The molecule has 1 saturated heterocycles. The third-order valence-electron chi connectivity index (χ3n) is 4.54. The topological polar surface area (TPSA) is 84.9 Å². The molecular formula is C21H21ClN2O5. The molecule has 1 fully saturated rings. The summed E-state index contributed by atoms with van der Waals surface area (Å²) in [7, 11) is 1.47. The van der Waals surface area contributed by atoms with Crippen LogP contribution in [0.25, 0.3) is 0 Å². The largest absolute Gasteiger partial charge is 0.495 e. The number of nitrogens with one attached hydrogen (secondary N) is 1. The summed E-state index contributed by atoms with van der Waals surface area (Å²) >= 11 is 5.96. The summed E-state index contributed by atoms with van der Waals surface area (Å²) in [4.78, 5) is 38.5. The number of nitrogens with zero attached hydrogens (tertiary/aromatic N) is 1. The standard InChI is InChI=1S/C21H21ClN2O5/c1-13(20(26)23-17-12-15(22)8-9-18(17)28-2)29-21(27)14-5-3-6-16(11-14)24-10-4-7-19(24)25/h3,5-6,8-9,11-13H,4,7,10H2,1-2H3,(H,23,26)/t13-/m1/s1. The maximum Gasteiger partial charge on any atom is 0.338 e. The molecule has 2 amide bonds. The van der Waals surface area contributed by atoms with Crippen molar-refractivity contribution in [2.24, 2.45) is 0 Å². The van der Waals surface area contributed by atoms with Gasteiger partial charge in [-0.05, 0) is 49.7 Å². The van der Waals surface area contributed by atoms with Gasteiger partial charge in [-0.15, -0.1) is 0 Å². The molecule has 7 nitrogen and oxygen atoms in total. The highest BCUT2D eigenvalue weighted by atomic mass is 35.5. The molecular weight excluding hydrogens is 396 g/mol. The fraction of sp³-hybridized carbons (Fsp3) is 0.286. The van der Waals surface area contributed by atoms with Gasteiger partial charge in [-0.1, -0.05) is 17.7 Å². The van der Waals surface area contributed by atoms with E-state index in [9.17, 15) is 14.4 Å². The van der Waals surface area contributed by atoms with E-state index in [0.29, 0.717) is 35.1 Å². The molecule has 0 saturated carbocycles. The van der Waals surface area contributed by atoms with Crippen molar-refractivity contribution in [3.8, 4) is 5.75 Å². The first-order valence-corrected chi connectivity index (χ1v) is 9.52. The fourth-order valence-corrected chi connectivity index (χ4v) is 3.19. The molecule has 1 N–H and O–H groups in total. The van der Waals surface area contributed by atoms with Crippen LogP contribution in [0, 0.1) is 0 Å². The van der Waals surface area contributed by atoms with Crippen molar-refractivity contribution in [3.05, 3.63) is 53.1 Å². The number of esters is 1. The second-order valence-corrected chi connectivity index (χ2v) is 7.02. The minimum atomic E-state index is -1.05. The number of hydrogen-bond donors (Lipinski definition) is 1. The Bertz CT molecular complexity index is 946. The summed E-state index contributed by atoms with van der Waals surface area (Å²) < 4.78 is 10.5. The molecule has 2 aromatic rings. The van der Waals surface area contributed by atoms with Gasteiger partial charge in [-0.25, -0.2) is 4.79 Å². The molecule has 2 aromatic carbocycles. The molecule has 0 unspecified atom stereocenters. The van der Waals surface area contributed by atoms with Crippen LogP contribution in [-0.4, -0.2) is 37.5 Å². The Morgan fingerprint density at radius 2 is 2.00 bits per heavy atom. The summed E-state index contributed by atoms with van der Waals surface area (Å²) in [6.07, 6.45) is 0.236. The second kappa shape index (κ2) is 8.96. The van der Waals surface area contributed by atoms with E-state index in [1.54, 1.807) is 47.4 Å². The average molecular weight is 417 g/mol. The van der Waals surface area contributed by atoms with Crippen LogP contribution >= 0.6 is 11.6 Å². The predicted molar refractivity (Wildman–Crippen MR) is 110 cm³/mol. The van der Waals surface area contributed by atoms with Crippen molar-refractivity contribution in [2.75, 3.05) is 23.9 Å². The summed E-state index contributed by atoms with van der Waals surface area (Å²) in [5.74, 6) is -0.716. The summed E-state index contributed by atoms with van der Waals surface area (Å²) in [5, 5.41) is 3.07. The van der Waals surface area contributed by atoms with Crippen molar-refractivity contribution >= 4 is 40.8 Å². The quantitative estimate of drug-likeness (QED) is 0.726. The maximum absolute atomic E-state index is 12.5. The monoisotopic (exact) mass is 416 g/mol. The van der Waals surface area contributed by atoms with E-state index in [4.69, 9.17) is 21.1 Å². The number of benzene rings is 2. The molecule has 8 heteroatoms. The molecule has 0 bridgehead atoms. The Balaban J connectivity index is 1.67. The maximum atomic E-state index is 12.5. The van der Waals surface area contributed by atoms with Gasteiger partial charge in [-0.2, -0.15) is 0 Å². The van der Waals surface area contributed by atoms with Gasteiger partial charge in [0.2, 0.25) is 5.91 Å². The number of methoxy groups -OCH3 is 1. The summed E-state index contributed by atoms with van der Waals surface area (Å²) in [6.45, 7) is 2.09. The normalized spacial score (nSPS) is 14.4. The first-order chi connectivity index (χ1) is 13.9. The minimum Gasteiger partial charge on any atom is -0.495 e. The zero-order valence-corrected chi connectivity index (χ0v) is 16.9. The number of hydrogen-bond acceptors (Lipinski definition) is 5. The van der Waals surface area contributed by atoms with E-state index in [-0.39, 0.29) is 11.5 Å². The Kier molecular flexibility index (Phi) is 6.39. The van der Waals surface area contributed by atoms with E-state index in [2.05, 4.69) is 5.32 Å². The van der Waals surface area contributed by atoms with Crippen molar-refractivity contribution < 1.29 is 23.9 Å². The predicted octanol–water partition coefficient (Wildman–Crippen LogP) is 3.66. The highest BCUT2D eigenvalue weighted by Gasteiger charge is 2.24. The number of amides is 2. The zero-order valence-electron chi connectivity index (χ0n) is 16.1. The van der Waals surface area contributed by atoms with E-state index in [0.717, 1.165) is 6.42 Å². The second-order valence-electron chi connectivity index (χ2n) is 6.58. The van der Waals surface area contributed by atoms with Gasteiger partial charge in [0.1, 0.15) is 5.75 Å². The number of halogens is 1. The molecule has 0 spiro atoms. The Morgan fingerprint density at radius 1 is 1.21 bits per heavy atom. The molecule has 1 heterocycles.